The van der Waals surface area contributed by atoms with Gasteiger partial charge in [0.15, 0.2) is 0 Å². The van der Waals surface area contributed by atoms with Gasteiger partial charge in [-0.2, -0.15) is 0 Å². The van der Waals surface area contributed by atoms with E-state index in [-0.39, 0.29) is 0 Å². The summed E-state index contributed by atoms with van der Waals surface area (Å²) in [4.78, 5) is 2.47. The van der Waals surface area contributed by atoms with Crippen molar-refractivity contribution in [2.24, 2.45) is 5.73 Å². The molecule has 0 aromatic carbocycles. The topological polar surface area (TPSA) is 29.3 Å². The van der Waals surface area contributed by atoms with E-state index in [1.54, 1.807) is 0 Å². The second-order valence-electron chi connectivity index (χ2n) is 4.43. The Bertz CT molecular complexity index is 143. The molecule has 0 saturated carbocycles. The van der Waals surface area contributed by atoms with Gasteiger partial charge in [-0.05, 0) is 39.8 Å². The van der Waals surface area contributed by atoms with Gasteiger partial charge in [0.25, 0.3) is 0 Å². The lowest BCUT2D eigenvalue weighted by molar-refractivity contribution is 0.240. The van der Waals surface area contributed by atoms with Crippen molar-refractivity contribution in [1.82, 2.24) is 4.90 Å². The molecule has 0 aromatic rings. The van der Waals surface area contributed by atoms with E-state index in [0.717, 1.165) is 13.1 Å². The van der Waals surface area contributed by atoms with E-state index in [0.29, 0.717) is 6.04 Å². The Labute approximate surface area is 95.5 Å². The molecular weight excluding hydrogens is 184 g/mol. The lowest BCUT2D eigenvalue weighted by Gasteiger charge is -2.24. The minimum atomic E-state index is 0.632. The summed E-state index contributed by atoms with van der Waals surface area (Å²) in [5.41, 5.74) is 5.45. The Balaban J connectivity index is 3.41. The SMILES string of the molecule is C=CCN(CCCCCCCN)C(C)C. The Morgan fingerprint density at radius 1 is 1.13 bits per heavy atom. The number of nitrogens with two attached hydrogens (primary N) is 1. The average Bonchev–Trinajstić information content (AvgIpc) is 2.21. The molecule has 0 radical (unpaired) electrons. The average molecular weight is 212 g/mol. The molecule has 2 nitrogen and oxygen atoms in total. The molecule has 0 aliphatic carbocycles. The van der Waals surface area contributed by atoms with Crippen molar-refractivity contribution in [1.29, 1.82) is 0 Å². The van der Waals surface area contributed by atoms with Crippen LogP contribution in [0.25, 0.3) is 0 Å². The maximum Gasteiger partial charge on any atom is 0.0163 e. The Morgan fingerprint density at radius 3 is 2.27 bits per heavy atom. The number of nitrogens with zero attached hydrogens (tertiary/aromatic N) is 1. The molecule has 0 amide bonds. The summed E-state index contributed by atoms with van der Waals surface area (Å²) in [6, 6.07) is 0.632. The third-order valence-corrected chi connectivity index (χ3v) is 2.74. The van der Waals surface area contributed by atoms with Crippen LogP contribution in [-0.2, 0) is 0 Å². The minimum Gasteiger partial charge on any atom is -0.330 e. The molecule has 0 atom stereocenters. The largest absolute Gasteiger partial charge is 0.330 e. The van der Waals surface area contributed by atoms with Crippen molar-refractivity contribution < 1.29 is 0 Å². The summed E-state index contributed by atoms with van der Waals surface area (Å²) in [7, 11) is 0. The zero-order chi connectivity index (χ0) is 11.5. The zero-order valence-corrected chi connectivity index (χ0v) is 10.5. The highest BCUT2D eigenvalue weighted by molar-refractivity contribution is 4.75. The summed E-state index contributed by atoms with van der Waals surface area (Å²) in [6.07, 6.45) is 8.43. The molecule has 0 aromatic heterocycles. The lowest BCUT2D eigenvalue weighted by Crippen LogP contribution is -2.31. The van der Waals surface area contributed by atoms with Gasteiger partial charge in [-0.25, -0.2) is 0 Å². The maximum atomic E-state index is 5.45. The van der Waals surface area contributed by atoms with Crippen LogP contribution in [0.3, 0.4) is 0 Å². The molecule has 0 aliphatic heterocycles. The van der Waals surface area contributed by atoms with Crippen molar-refractivity contribution in [3.8, 4) is 0 Å². The molecule has 0 bridgehead atoms. The molecule has 2 heteroatoms. The van der Waals surface area contributed by atoms with E-state index >= 15 is 0 Å². The summed E-state index contributed by atoms with van der Waals surface area (Å²) in [5, 5.41) is 0. The third-order valence-electron chi connectivity index (χ3n) is 2.74. The van der Waals surface area contributed by atoms with E-state index in [2.05, 4.69) is 25.3 Å². The van der Waals surface area contributed by atoms with E-state index in [1.807, 2.05) is 6.08 Å². The fraction of sp³-hybridized carbons (Fsp3) is 0.846. The van der Waals surface area contributed by atoms with E-state index in [4.69, 9.17) is 5.73 Å². The molecule has 0 unspecified atom stereocenters. The summed E-state index contributed by atoms with van der Waals surface area (Å²) < 4.78 is 0. The van der Waals surface area contributed by atoms with Crippen LogP contribution >= 0.6 is 0 Å². The summed E-state index contributed by atoms with van der Waals surface area (Å²) >= 11 is 0. The molecule has 0 fully saturated rings. The number of rotatable bonds is 10. The smallest absolute Gasteiger partial charge is 0.0163 e. The van der Waals surface area contributed by atoms with E-state index < -0.39 is 0 Å². The van der Waals surface area contributed by atoms with Crippen LogP contribution in [0.5, 0.6) is 0 Å². The van der Waals surface area contributed by atoms with Gasteiger partial charge in [-0.3, -0.25) is 4.90 Å². The van der Waals surface area contributed by atoms with E-state index in [1.165, 1.54) is 38.6 Å². The van der Waals surface area contributed by atoms with Crippen LogP contribution in [-0.4, -0.2) is 30.6 Å². The highest BCUT2D eigenvalue weighted by atomic mass is 15.1. The van der Waals surface area contributed by atoms with Crippen molar-refractivity contribution in [3.63, 3.8) is 0 Å². The van der Waals surface area contributed by atoms with Crippen LogP contribution in [0.15, 0.2) is 12.7 Å². The van der Waals surface area contributed by atoms with Gasteiger partial charge in [0, 0.05) is 12.6 Å². The highest BCUT2D eigenvalue weighted by Gasteiger charge is 2.05. The van der Waals surface area contributed by atoms with Crippen LogP contribution in [0.2, 0.25) is 0 Å². The molecule has 0 heterocycles. The first-order valence-electron chi connectivity index (χ1n) is 6.27. The molecule has 0 spiro atoms. The van der Waals surface area contributed by atoms with Crippen LogP contribution in [0, 0.1) is 0 Å². The van der Waals surface area contributed by atoms with Crippen molar-refractivity contribution in [3.05, 3.63) is 12.7 Å². The highest BCUT2D eigenvalue weighted by Crippen LogP contribution is 2.06. The van der Waals surface area contributed by atoms with Gasteiger partial charge in [0.1, 0.15) is 0 Å². The summed E-state index contributed by atoms with van der Waals surface area (Å²) in [5.74, 6) is 0. The van der Waals surface area contributed by atoms with Crippen LogP contribution in [0.4, 0.5) is 0 Å². The molecular formula is C13H28N2. The predicted molar refractivity (Wildman–Crippen MR) is 69.0 cm³/mol. The lowest BCUT2D eigenvalue weighted by atomic mass is 10.1. The van der Waals surface area contributed by atoms with Gasteiger partial charge in [-0.15, -0.1) is 6.58 Å². The normalized spacial score (nSPS) is 11.3. The number of unbranched alkanes of at least 4 members (excludes halogenated alkanes) is 4. The fourth-order valence-corrected chi connectivity index (χ4v) is 1.72. The molecule has 2 N–H and O–H groups in total. The first-order valence-corrected chi connectivity index (χ1v) is 6.27. The van der Waals surface area contributed by atoms with Crippen molar-refractivity contribution >= 4 is 0 Å². The second-order valence-corrected chi connectivity index (χ2v) is 4.43. The van der Waals surface area contributed by atoms with E-state index in [9.17, 15) is 0 Å². The Kier molecular flexibility index (Phi) is 9.96. The van der Waals surface area contributed by atoms with Gasteiger partial charge >= 0.3 is 0 Å². The monoisotopic (exact) mass is 212 g/mol. The van der Waals surface area contributed by atoms with Gasteiger partial charge in [0.05, 0.1) is 0 Å². The Morgan fingerprint density at radius 2 is 1.73 bits per heavy atom. The second kappa shape index (κ2) is 10.2. The van der Waals surface area contributed by atoms with Crippen LogP contribution < -0.4 is 5.73 Å². The van der Waals surface area contributed by atoms with Crippen molar-refractivity contribution in [2.45, 2.75) is 52.0 Å². The quantitative estimate of drug-likeness (QED) is 0.446. The zero-order valence-electron chi connectivity index (χ0n) is 10.5. The first kappa shape index (κ1) is 14.7. The third kappa shape index (κ3) is 8.64. The van der Waals surface area contributed by atoms with Crippen LogP contribution in [0.1, 0.15) is 46.0 Å². The first-order chi connectivity index (χ1) is 7.22. The molecule has 0 aliphatic rings. The van der Waals surface area contributed by atoms with Gasteiger partial charge in [-0.1, -0.05) is 25.3 Å². The fourth-order valence-electron chi connectivity index (χ4n) is 1.72. The summed E-state index contributed by atoms with van der Waals surface area (Å²) in [6.45, 7) is 11.3. The number of hydrogen-bond acceptors (Lipinski definition) is 2. The number of hydrogen-bond donors (Lipinski definition) is 1. The molecule has 0 rings (SSSR count). The molecule has 90 valence electrons. The molecule has 0 saturated heterocycles. The van der Waals surface area contributed by atoms with Crippen molar-refractivity contribution in [2.75, 3.05) is 19.6 Å². The standard InChI is InChI=1S/C13H28N2/c1-4-11-15(13(2)3)12-9-7-5-6-8-10-14/h4,13H,1,5-12,14H2,2-3H3. The molecule has 15 heavy (non-hydrogen) atoms. The minimum absolute atomic E-state index is 0.632. The van der Waals surface area contributed by atoms with Gasteiger partial charge in [0.2, 0.25) is 0 Å². The predicted octanol–water partition coefficient (Wildman–Crippen LogP) is 2.79. The van der Waals surface area contributed by atoms with Gasteiger partial charge < -0.3 is 5.73 Å². The Hall–Kier alpha value is -0.340. The maximum absolute atomic E-state index is 5.45.